The van der Waals surface area contributed by atoms with E-state index >= 15 is 0 Å². The van der Waals surface area contributed by atoms with Crippen molar-refractivity contribution < 1.29 is 23.8 Å². The molecule has 0 spiro atoms. The molecule has 0 aromatic heterocycles. The molecule has 1 unspecified atom stereocenters. The molecule has 1 saturated heterocycles. The predicted octanol–water partition coefficient (Wildman–Crippen LogP) is 3.21. The van der Waals surface area contributed by atoms with Gasteiger partial charge in [-0.1, -0.05) is 35.9 Å². The summed E-state index contributed by atoms with van der Waals surface area (Å²) in [7, 11) is 0. The van der Waals surface area contributed by atoms with E-state index in [1.807, 2.05) is 31.2 Å². The number of halogens is 1. The number of alkyl halides is 1. The number of carboxylic acids is 1. The molecular weight excluding hydrogens is 337 g/mol. The maximum absolute atomic E-state index is 14.2. The van der Waals surface area contributed by atoms with Gasteiger partial charge in [0.25, 0.3) is 5.91 Å². The Kier molecular flexibility index (Phi) is 4.93. The molecular formula is C20H20FNO4. The lowest BCUT2D eigenvalue weighted by molar-refractivity contribution is -0.149. The smallest absolute Gasteiger partial charge is 0.343 e. The van der Waals surface area contributed by atoms with E-state index in [4.69, 9.17) is 9.84 Å². The monoisotopic (exact) mass is 357 g/mol. The third kappa shape index (κ3) is 3.85. The summed E-state index contributed by atoms with van der Waals surface area (Å²) in [5.74, 6) is -1.39. The van der Waals surface area contributed by atoms with Gasteiger partial charge in [0.2, 0.25) is 5.67 Å². The zero-order valence-electron chi connectivity index (χ0n) is 14.4. The summed E-state index contributed by atoms with van der Waals surface area (Å²) in [5, 5.41) is 8.95. The highest BCUT2D eigenvalue weighted by molar-refractivity contribution is 5.95. The van der Waals surface area contributed by atoms with E-state index in [0.29, 0.717) is 17.9 Å². The number of amides is 1. The van der Waals surface area contributed by atoms with Crippen molar-refractivity contribution in [2.24, 2.45) is 0 Å². The number of carbonyl (C=O) groups excluding carboxylic acids is 1. The maximum Gasteiger partial charge on any atom is 0.343 e. The minimum absolute atomic E-state index is 0.0794. The second kappa shape index (κ2) is 7.15. The molecule has 0 aliphatic carbocycles. The van der Waals surface area contributed by atoms with Gasteiger partial charge in [-0.25, -0.2) is 9.18 Å². The average Bonchev–Trinajstić information content (AvgIpc) is 3.03. The molecule has 1 N–H and O–H groups in total. The summed E-state index contributed by atoms with van der Waals surface area (Å²) in [6.07, 6.45) is -0.197. The van der Waals surface area contributed by atoms with Gasteiger partial charge in [0.05, 0.1) is 6.54 Å². The van der Waals surface area contributed by atoms with Crippen LogP contribution in [-0.4, -0.2) is 40.6 Å². The van der Waals surface area contributed by atoms with Gasteiger partial charge in [0, 0.05) is 18.5 Å². The molecule has 1 aliphatic rings. The Hall–Kier alpha value is -2.89. The summed E-state index contributed by atoms with van der Waals surface area (Å²) in [6, 6.07) is 14.6. The van der Waals surface area contributed by atoms with Crippen molar-refractivity contribution in [2.75, 3.05) is 13.1 Å². The highest BCUT2D eigenvalue weighted by atomic mass is 19.1. The Labute approximate surface area is 151 Å². The second-order valence-corrected chi connectivity index (χ2v) is 6.55. The molecule has 2 aromatic rings. The molecule has 26 heavy (non-hydrogen) atoms. The number of nitrogens with zero attached hydrogens (tertiary/aromatic N) is 1. The fraction of sp³-hybridized carbons (Fsp3) is 0.300. The van der Waals surface area contributed by atoms with Crippen LogP contribution in [0.5, 0.6) is 5.75 Å². The number of hydrogen-bond donors (Lipinski definition) is 1. The van der Waals surface area contributed by atoms with Crippen LogP contribution in [0.15, 0.2) is 48.5 Å². The molecule has 0 bridgehead atoms. The minimum Gasteiger partial charge on any atom is -0.489 e. The van der Waals surface area contributed by atoms with Crippen molar-refractivity contribution in [3.8, 4) is 5.75 Å². The van der Waals surface area contributed by atoms with Gasteiger partial charge < -0.3 is 14.7 Å². The molecule has 1 atom stereocenters. The van der Waals surface area contributed by atoms with Gasteiger partial charge in [-0.2, -0.15) is 0 Å². The maximum atomic E-state index is 14.2. The van der Waals surface area contributed by atoms with E-state index in [1.54, 1.807) is 24.3 Å². The highest BCUT2D eigenvalue weighted by Gasteiger charge is 2.47. The molecule has 1 amide bonds. The molecule has 1 heterocycles. The fourth-order valence-electron chi connectivity index (χ4n) is 2.99. The van der Waals surface area contributed by atoms with E-state index in [-0.39, 0.29) is 13.0 Å². The van der Waals surface area contributed by atoms with Crippen LogP contribution >= 0.6 is 0 Å². The van der Waals surface area contributed by atoms with Crippen LogP contribution in [0, 0.1) is 6.92 Å². The van der Waals surface area contributed by atoms with Crippen LogP contribution in [0.4, 0.5) is 4.39 Å². The minimum atomic E-state index is -2.37. The number of aryl methyl sites for hydroxylation is 1. The van der Waals surface area contributed by atoms with Crippen molar-refractivity contribution >= 4 is 11.9 Å². The van der Waals surface area contributed by atoms with E-state index in [9.17, 15) is 14.0 Å². The molecule has 6 heteroatoms. The quantitative estimate of drug-likeness (QED) is 0.892. The van der Waals surface area contributed by atoms with Gasteiger partial charge >= 0.3 is 5.97 Å². The predicted molar refractivity (Wildman–Crippen MR) is 93.9 cm³/mol. The molecule has 5 nitrogen and oxygen atoms in total. The lowest BCUT2D eigenvalue weighted by atomic mass is 10.1. The Morgan fingerprint density at radius 3 is 2.69 bits per heavy atom. The highest BCUT2D eigenvalue weighted by Crippen LogP contribution is 2.27. The number of hydrogen-bond acceptors (Lipinski definition) is 3. The van der Waals surface area contributed by atoms with Crippen molar-refractivity contribution in [2.45, 2.75) is 25.6 Å². The summed E-state index contributed by atoms with van der Waals surface area (Å²) in [5.41, 5.74) is 0.137. The summed E-state index contributed by atoms with van der Waals surface area (Å²) >= 11 is 0. The first kappa shape index (κ1) is 17.9. The van der Waals surface area contributed by atoms with E-state index < -0.39 is 24.1 Å². The van der Waals surface area contributed by atoms with Gasteiger partial charge in [0.1, 0.15) is 12.4 Å². The third-order valence-corrected chi connectivity index (χ3v) is 4.46. The number of rotatable bonds is 5. The Balaban J connectivity index is 1.67. The largest absolute Gasteiger partial charge is 0.489 e. The zero-order chi connectivity index (χ0) is 18.7. The first-order valence-electron chi connectivity index (χ1n) is 8.37. The number of aliphatic carboxylic acids is 1. The molecule has 0 radical (unpaired) electrons. The van der Waals surface area contributed by atoms with Crippen LogP contribution in [0.2, 0.25) is 0 Å². The normalized spacial score (nSPS) is 19.4. The molecule has 2 aromatic carbocycles. The molecule has 136 valence electrons. The number of likely N-dealkylation sites (tertiary alicyclic amines) is 1. The zero-order valence-corrected chi connectivity index (χ0v) is 14.4. The molecule has 3 rings (SSSR count). The van der Waals surface area contributed by atoms with Crippen LogP contribution in [0.1, 0.15) is 27.9 Å². The number of carbonyl (C=O) groups is 2. The fourth-order valence-corrected chi connectivity index (χ4v) is 2.99. The molecule has 0 saturated carbocycles. The van der Waals surface area contributed by atoms with E-state index in [1.165, 1.54) is 4.90 Å². The first-order valence-corrected chi connectivity index (χ1v) is 8.37. The lowest BCUT2D eigenvalue weighted by Gasteiger charge is -2.18. The van der Waals surface area contributed by atoms with Crippen LogP contribution in [0.3, 0.4) is 0 Å². The van der Waals surface area contributed by atoms with Gasteiger partial charge in [-0.15, -0.1) is 0 Å². The summed E-state index contributed by atoms with van der Waals surface area (Å²) < 4.78 is 19.9. The van der Waals surface area contributed by atoms with Crippen molar-refractivity contribution in [1.82, 2.24) is 4.90 Å². The Morgan fingerprint density at radius 2 is 2.00 bits per heavy atom. The first-order chi connectivity index (χ1) is 12.4. The number of ether oxygens (including phenoxy) is 1. The van der Waals surface area contributed by atoms with Crippen LogP contribution in [0.25, 0.3) is 0 Å². The topological polar surface area (TPSA) is 66.8 Å². The standard InChI is InChI=1S/C20H20FNO4/c1-14-4-2-5-15(10-14)12-26-17-7-3-6-16(11-17)18(23)22-9-8-20(21,13-22)19(24)25/h2-7,10-11H,8-9,12-13H2,1H3,(H,24,25). The van der Waals surface area contributed by atoms with E-state index in [0.717, 1.165) is 11.1 Å². The lowest BCUT2D eigenvalue weighted by Crippen LogP contribution is -2.38. The molecule has 1 fully saturated rings. The van der Waals surface area contributed by atoms with E-state index in [2.05, 4.69) is 0 Å². The number of carboxylic acid groups (broad SMARTS) is 1. The van der Waals surface area contributed by atoms with Crippen molar-refractivity contribution in [3.63, 3.8) is 0 Å². The second-order valence-electron chi connectivity index (χ2n) is 6.55. The Bertz CT molecular complexity index is 838. The van der Waals surface area contributed by atoms with Gasteiger partial charge in [0.15, 0.2) is 0 Å². The Morgan fingerprint density at radius 1 is 1.23 bits per heavy atom. The third-order valence-electron chi connectivity index (χ3n) is 4.46. The SMILES string of the molecule is Cc1cccc(COc2cccc(C(=O)N3CCC(F)(C(=O)O)C3)c2)c1. The van der Waals surface area contributed by atoms with Gasteiger partial charge in [-0.05, 0) is 30.7 Å². The van der Waals surface area contributed by atoms with Crippen molar-refractivity contribution in [1.29, 1.82) is 0 Å². The summed E-state index contributed by atoms with van der Waals surface area (Å²) in [4.78, 5) is 24.8. The number of benzene rings is 2. The average molecular weight is 357 g/mol. The van der Waals surface area contributed by atoms with Crippen LogP contribution in [-0.2, 0) is 11.4 Å². The van der Waals surface area contributed by atoms with Crippen LogP contribution < -0.4 is 4.74 Å². The summed E-state index contributed by atoms with van der Waals surface area (Å²) in [6.45, 7) is 2.02. The van der Waals surface area contributed by atoms with Crippen molar-refractivity contribution in [3.05, 3.63) is 65.2 Å². The molecule has 1 aliphatic heterocycles. The van der Waals surface area contributed by atoms with Gasteiger partial charge in [-0.3, -0.25) is 4.79 Å².